The fourth-order valence-corrected chi connectivity index (χ4v) is 3.59. The van der Waals surface area contributed by atoms with Crippen LogP contribution in [-0.4, -0.2) is 22.2 Å². The van der Waals surface area contributed by atoms with Crippen molar-refractivity contribution >= 4 is 16.7 Å². The molecule has 1 aliphatic rings. The molecule has 0 aliphatic carbocycles. The van der Waals surface area contributed by atoms with Gasteiger partial charge < -0.3 is 10.0 Å². The largest absolute Gasteiger partial charge is 0.389 e. The Morgan fingerprint density at radius 3 is 2.57 bits per heavy atom. The summed E-state index contributed by atoms with van der Waals surface area (Å²) in [5.74, 6) is 0.888. The van der Waals surface area contributed by atoms with Gasteiger partial charge in [0.15, 0.2) is 0 Å². The first-order valence-corrected chi connectivity index (χ1v) is 8.32. The number of nitrogens with zero attached hydrogens (tertiary/aromatic N) is 3. The second-order valence-electron chi connectivity index (χ2n) is 6.63. The maximum absolute atomic E-state index is 9.76. The Kier molecular flexibility index (Phi) is 4.23. The van der Waals surface area contributed by atoms with Crippen molar-refractivity contribution in [3.63, 3.8) is 0 Å². The summed E-state index contributed by atoms with van der Waals surface area (Å²) in [4.78, 5) is 7.14. The average molecular weight is 309 g/mol. The molecule has 0 bridgehead atoms. The van der Waals surface area contributed by atoms with E-state index >= 15 is 0 Å². The van der Waals surface area contributed by atoms with Gasteiger partial charge in [-0.05, 0) is 63.8 Å². The van der Waals surface area contributed by atoms with Crippen LogP contribution in [0.4, 0.5) is 5.82 Å². The average Bonchev–Trinajstić information content (AvgIpc) is 2.53. The van der Waals surface area contributed by atoms with E-state index in [-0.39, 0.29) is 0 Å². The molecule has 0 saturated carbocycles. The monoisotopic (exact) mass is 309 g/mol. The Bertz CT molecular complexity index is 753. The molecule has 1 N–H and O–H groups in total. The van der Waals surface area contributed by atoms with Gasteiger partial charge in [-0.1, -0.05) is 6.07 Å². The van der Waals surface area contributed by atoms with Crippen LogP contribution in [0.2, 0.25) is 0 Å². The van der Waals surface area contributed by atoms with Crippen molar-refractivity contribution < 1.29 is 5.11 Å². The van der Waals surface area contributed by atoms with Crippen molar-refractivity contribution in [2.45, 2.75) is 58.2 Å². The van der Waals surface area contributed by atoms with E-state index in [2.05, 4.69) is 24.8 Å². The molecular formula is C19H23N3O. The summed E-state index contributed by atoms with van der Waals surface area (Å²) in [6.45, 7) is 6.18. The van der Waals surface area contributed by atoms with Crippen LogP contribution < -0.4 is 4.90 Å². The Morgan fingerprint density at radius 1 is 1.26 bits per heavy atom. The molecule has 1 saturated heterocycles. The molecule has 4 nitrogen and oxygen atoms in total. The fourth-order valence-electron chi connectivity index (χ4n) is 3.59. The molecule has 0 amide bonds. The summed E-state index contributed by atoms with van der Waals surface area (Å²) in [7, 11) is 0. The zero-order chi connectivity index (χ0) is 16.6. The minimum atomic E-state index is -0.548. The van der Waals surface area contributed by atoms with Gasteiger partial charge in [0, 0.05) is 17.5 Å². The number of benzene rings is 1. The lowest BCUT2D eigenvalue weighted by Gasteiger charge is -2.40. The molecule has 1 aromatic heterocycles. The lowest BCUT2D eigenvalue weighted by Crippen LogP contribution is -2.44. The summed E-state index contributed by atoms with van der Waals surface area (Å²) in [6.07, 6.45) is 3.02. The molecule has 2 aromatic rings. The smallest absolute Gasteiger partial charge is 0.131 e. The highest BCUT2D eigenvalue weighted by Crippen LogP contribution is 2.31. The zero-order valence-corrected chi connectivity index (χ0v) is 14.0. The first kappa shape index (κ1) is 15.8. The number of piperidine rings is 1. The SMILES string of the molecule is CC(O)c1ccc2nc(N3[C@H](C)CCC[C@@H]3C)cc(C#N)c2c1. The molecule has 3 rings (SSSR count). The number of aliphatic hydroxyl groups excluding tert-OH is 1. The molecule has 3 atom stereocenters. The lowest BCUT2D eigenvalue weighted by atomic mass is 9.97. The van der Waals surface area contributed by atoms with Crippen LogP contribution in [0.15, 0.2) is 24.3 Å². The van der Waals surface area contributed by atoms with Crippen LogP contribution in [-0.2, 0) is 0 Å². The predicted octanol–water partition coefficient (Wildman–Crippen LogP) is 3.93. The first-order valence-electron chi connectivity index (χ1n) is 8.32. The van der Waals surface area contributed by atoms with E-state index in [0.717, 1.165) is 35.1 Å². The van der Waals surface area contributed by atoms with Gasteiger partial charge in [0.05, 0.1) is 23.3 Å². The van der Waals surface area contributed by atoms with E-state index < -0.39 is 6.10 Å². The highest BCUT2D eigenvalue weighted by molar-refractivity contribution is 5.87. The Hall–Kier alpha value is -2.12. The predicted molar refractivity (Wildman–Crippen MR) is 92.3 cm³/mol. The van der Waals surface area contributed by atoms with Gasteiger partial charge in [-0.25, -0.2) is 4.98 Å². The third kappa shape index (κ3) is 2.89. The van der Waals surface area contributed by atoms with E-state index in [4.69, 9.17) is 4.98 Å². The van der Waals surface area contributed by atoms with Crippen LogP contribution in [0, 0.1) is 11.3 Å². The molecule has 1 unspecified atom stereocenters. The van der Waals surface area contributed by atoms with Gasteiger partial charge in [-0.3, -0.25) is 0 Å². The number of hydrogen-bond acceptors (Lipinski definition) is 4. The van der Waals surface area contributed by atoms with Crippen molar-refractivity contribution in [1.29, 1.82) is 5.26 Å². The quantitative estimate of drug-likeness (QED) is 0.913. The molecular weight excluding hydrogens is 286 g/mol. The number of fused-ring (bicyclic) bond motifs is 1. The Balaban J connectivity index is 2.13. The fraction of sp³-hybridized carbons (Fsp3) is 0.474. The summed E-state index contributed by atoms with van der Waals surface area (Å²) >= 11 is 0. The molecule has 120 valence electrons. The minimum Gasteiger partial charge on any atom is -0.389 e. The number of rotatable bonds is 2. The standard InChI is InChI=1S/C19H23N3O/c1-12-5-4-6-13(2)22(12)19-10-16(11-20)17-9-15(14(3)23)7-8-18(17)21-19/h7-10,12-14,23H,4-6H2,1-3H3/t12-,13+,14?. The number of hydrogen-bond donors (Lipinski definition) is 1. The topological polar surface area (TPSA) is 60.2 Å². The number of nitriles is 1. The molecule has 23 heavy (non-hydrogen) atoms. The highest BCUT2D eigenvalue weighted by atomic mass is 16.3. The van der Waals surface area contributed by atoms with Crippen LogP contribution in [0.3, 0.4) is 0 Å². The third-order valence-corrected chi connectivity index (χ3v) is 4.88. The normalized spacial score (nSPS) is 22.8. The van der Waals surface area contributed by atoms with E-state index in [1.807, 2.05) is 24.3 Å². The van der Waals surface area contributed by atoms with Crippen LogP contribution in [0.1, 0.15) is 57.3 Å². The summed E-state index contributed by atoms with van der Waals surface area (Å²) < 4.78 is 0. The number of anilines is 1. The molecule has 1 aliphatic heterocycles. The van der Waals surface area contributed by atoms with Gasteiger partial charge in [-0.15, -0.1) is 0 Å². The minimum absolute atomic E-state index is 0.437. The van der Waals surface area contributed by atoms with Crippen molar-refractivity contribution in [1.82, 2.24) is 4.98 Å². The third-order valence-electron chi connectivity index (χ3n) is 4.88. The van der Waals surface area contributed by atoms with Crippen molar-refractivity contribution in [2.24, 2.45) is 0 Å². The Labute approximate surface area is 137 Å². The molecule has 1 fully saturated rings. The highest BCUT2D eigenvalue weighted by Gasteiger charge is 2.26. The number of aliphatic hydroxyl groups is 1. The van der Waals surface area contributed by atoms with E-state index in [0.29, 0.717) is 17.6 Å². The van der Waals surface area contributed by atoms with E-state index in [1.165, 1.54) is 6.42 Å². The molecule has 4 heteroatoms. The first-order chi connectivity index (χ1) is 11.0. The van der Waals surface area contributed by atoms with Crippen molar-refractivity contribution in [3.05, 3.63) is 35.4 Å². The zero-order valence-electron chi connectivity index (χ0n) is 14.0. The van der Waals surface area contributed by atoms with Crippen molar-refractivity contribution in [3.8, 4) is 6.07 Å². The summed E-state index contributed by atoms with van der Waals surface area (Å²) in [5.41, 5.74) is 2.24. The van der Waals surface area contributed by atoms with Gasteiger partial charge in [0.1, 0.15) is 5.82 Å². The summed E-state index contributed by atoms with van der Waals surface area (Å²) in [5, 5.41) is 20.1. The lowest BCUT2D eigenvalue weighted by molar-refractivity contribution is 0.199. The van der Waals surface area contributed by atoms with Crippen LogP contribution in [0.25, 0.3) is 10.9 Å². The van der Waals surface area contributed by atoms with Crippen LogP contribution in [0.5, 0.6) is 0 Å². The molecule has 1 aromatic carbocycles. The second-order valence-corrected chi connectivity index (χ2v) is 6.63. The van der Waals surface area contributed by atoms with E-state index in [9.17, 15) is 10.4 Å². The van der Waals surface area contributed by atoms with Crippen LogP contribution >= 0.6 is 0 Å². The van der Waals surface area contributed by atoms with Crippen molar-refractivity contribution in [2.75, 3.05) is 4.90 Å². The van der Waals surface area contributed by atoms with E-state index in [1.54, 1.807) is 6.92 Å². The van der Waals surface area contributed by atoms with Gasteiger partial charge in [-0.2, -0.15) is 5.26 Å². The maximum Gasteiger partial charge on any atom is 0.131 e. The Morgan fingerprint density at radius 2 is 1.96 bits per heavy atom. The second kappa shape index (κ2) is 6.17. The van der Waals surface area contributed by atoms with Gasteiger partial charge in [0.2, 0.25) is 0 Å². The molecule has 2 heterocycles. The molecule has 0 spiro atoms. The number of aromatic nitrogens is 1. The summed E-state index contributed by atoms with van der Waals surface area (Å²) in [6, 6.07) is 10.7. The van der Waals surface area contributed by atoms with Gasteiger partial charge in [0.25, 0.3) is 0 Å². The van der Waals surface area contributed by atoms with Gasteiger partial charge >= 0.3 is 0 Å². The maximum atomic E-state index is 9.76. The number of pyridine rings is 1. The molecule has 0 radical (unpaired) electrons.